The second-order valence-electron chi connectivity index (χ2n) is 5.35. The van der Waals surface area contributed by atoms with Crippen molar-refractivity contribution in [2.75, 3.05) is 20.2 Å². The molecule has 0 radical (unpaired) electrons. The number of carbonyl (C=O) groups excluding carboxylic acids is 1. The Balaban J connectivity index is 1.94. The molecule has 0 spiro atoms. The normalized spacial score (nSPS) is 13.2. The van der Waals surface area contributed by atoms with Gasteiger partial charge in [0.25, 0.3) is 0 Å². The second-order valence-corrected chi connectivity index (χ2v) is 6.27. The van der Waals surface area contributed by atoms with Crippen LogP contribution in [0, 0.1) is 0 Å². The lowest BCUT2D eigenvalue weighted by Crippen LogP contribution is -2.39. The maximum atomic E-state index is 11.9. The smallest absolute Gasteiger partial charge is 0.236 e. The van der Waals surface area contributed by atoms with Gasteiger partial charge in [-0.2, -0.15) is 0 Å². The summed E-state index contributed by atoms with van der Waals surface area (Å²) < 4.78 is 6.73. The highest BCUT2D eigenvalue weighted by atomic mass is 79.9. The third-order valence-electron chi connectivity index (χ3n) is 3.59. The Morgan fingerprint density at radius 2 is 2.25 bits per heavy atom. The number of hydrogen-bond acceptors (Lipinski definition) is 3. The molecule has 0 unspecified atom stereocenters. The molecule has 2 rings (SSSR count). The van der Waals surface area contributed by atoms with Crippen molar-refractivity contribution in [1.29, 1.82) is 0 Å². The van der Waals surface area contributed by atoms with Crippen molar-refractivity contribution in [1.82, 2.24) is 10.2 Å². The maximum absolute atomic E-state index is 11.9. The van der Waals surface area contributed by atoms with Gasteiger partial charge in [-0.1, -0.05) is 15.9 Å². The lowest BCUT2D eigenvalue weighted by molar-refractivity contribution is -0.130. The Kier molecular flexibility index (Phi) is 5.05. The first kappa shape index (κ1) is 15.3. The number of hydrogen-bond donors (Lipinski definition) is 1. The molecular weight excluding hydrogens is 320 g/mol. The Morgan fingerprint density at radius 3 is 2.95 bits per heavy atom. The van der Waals surface area contributed by atoms with Crippen LogP contribution in [0.4, 0.5) is 0 Å². The molecule has 1 aromatic carbocycles. The van der Waals surface area contributed by atoms with E-state index in [9.17, 15) is 4.79 Å². The van der Waals surface area contributed by atoms with E-state index in [1.54, 1.807) is 4.90 Å². The Bertz CT molecular complexity index is 503. The molecular formula is C15H21BrN2O2. The van der Waals surface area contributed by atoms with Crippen molar-refractivity contribution < 1.29 is 9.53 Å². The minimum atomic E-state index is 0.104. The van der Waals surface area contributed by atoms with E-state index < -0.39 is 0 Å². The van der Waals surface area contributed by atoms with Gasteiger partial charge in [-0.05, 0) is 31.5 Å². The molecule has 1 amide bonds. The molecule has 1 N–H and O–H groups in total. The fourth-order valence-corrected chi connectivity index (χ4v) is 2.75. The maximum Gasteiger partial charge on any atom is 0.236 e. The van der Waals surface area contributed by atoms with Crippen molar-refractivity contribution in [2.45, 2.75) is 32.9 Å². The Morgan fingerprint density at radius 1 is 1.50 bits per heavy atom. The summed E-state index contributed by atoms with van der Waals surface area (Å²) in [6, 6.07) is 4.37. The zero-order valence-corrected chi connectivity index (χ0v) is 13.8. The third kappa shape index (κ3) is 3.52. The van der Waals surface area contributed by atoms with Gasteiger partial charge in [-0.3, -0.25) is 4.79 Å². The summed E-state index contributed by atoms with van der Waals surface area (Å²) in [5.41, 5.74) is 2.34. The van der Waals surface area contributed by atoms with Crippen molar-refractivity contribution in [3.8, 4) is 5.75 Å². The van der Waals surface area contributed by atoms with Crippen LogP contribution in [0.25, 0.3) is 0 Å². The van der Waals surface area contributed by atoms with Crippen LogP contribution in [0.2, 0.25) is 0 Å². The van der Waals surface area contributed by atoms with Crippen LogP contribution in [0.15, 0.2) is 16.6 Å². The monoisotopic (exact) mass is 340 g/mol. The van der Waals surface area contributed by atoms with Gasteiger partial charge in [0.2, 0.25) is 5.91 Å². The fraction of sp³-hybridized carbons (Fsp3) is 0.533. The van der Waals surface area contributed by atoms with Crippen LogP contribution in [0.5, 0.6) is 5.75 Å². The fourth-order valence-electron chi connectivity index (χ4n) is 2.19. The minimum absolute atomic E-state index is 0.104. The van der Waals surface area contributed by atoms with Crippen LogP contribution in [-0.4, -0.2) is 37.0 Å². The van der Waals surface area contributed by atoms with Gasteiger partial charge in [0.15, 0.2) is 0 Å². The molecule has 0 bridgehead atoms. The van der Waals surface area contributed by atoms with Crippen molar-refractivity contribution in [3.05, 3.63) is 27.7 Å². The van der Waals surface area contributed by atoms with Gasteiger partial charge < -0.3 is 15.0 Å². The number of amides is 1. The Labute approximate surface area is 128 Å². The van der Waals surface area contributed by atoms with E-state index in [1.807, 2.05) is 27.0 Å². The number of nitrogens with zero attached hydrogens (tertiary/aromatic N) is 1. The molecule has 5 heteroatoms. The molecule has 20 heavy (non-hydrogen) atoms. The summed E-state index contributed by atoms with van der Waals surface area (Å²) in [4.78, 5) is 13.6. The van der Waals surface area contributed by atoms with E-state index in [-0.39, 0.29) is 11.9 Å². The standard InChI is InChI=1S/C15H21BrN2O2/c1-10(2)18(3)14(19)9-17-8-12-7-13(16)6-11-4-5-20-15(11)12/h6-7,10,17H,4-5,8-9H2,1-3H3. The highest BCUT2D eigenvalue weighted by Gasteiger charge is 2.18. The lowest BCUT2D eigenvalue weighted by atomic mass is 10.1. The summed E-state index contributed by atoms with van der Waals surface area (Å²) in [5.74, 6) is 1.08. The number of likely N-dealkylation sites (N-methyl/N-ethyl adjacent to an activating group) is 1. The van der Waals surface area contributed by atoms with Gasteiger partial charge >= 0.3 is 0 Å². The molecule has 0 aliphatic carbocycles. The summed E-state index contributed by atoms with van der Waals surface area (Å²) in [6.07, 6.45) is 0.955. The molecule has 0 saturated heterocycles. The molecule has 110 valence electrons. The highest BCUT2D eigenvalue weighted by Crippen LogP contribution is 2.32. The van der Waals surface area contributed by atoms with Crippen LogP contribution in [0.1, 0.15) is 25.0 Å². The second kappa shape index (κ2) is 6.59. The van der Waals surface area contributed by atoms with Gasteiger partial charge in [0.05, 0.1) is 13.2 Å². The van der Waals surface area contributed by atoms with Crippen LogP contribution >= 0.6 is 15.9 Å². The largest absolute Gasteiger partial charge is 0.493 e. The number of nitrogens with one attached hydrogen (secondary N) is 1. The lowest BCUT2D eigenvalue weighted by Gasteiger charge is -2.21. The van der Waals surface area contributed by atoms with Crippen LogP contribution in [0.3, 0.4) is 0 Å². The van der Waals surface area contributed by atoms with E-state index in [2.05, 4.69) is 27.3 Å². The van der Waals surface area contributed by atoms with Crippen LogP contribution < -0.4 is 10.1 Å². The molecule has 0 atom stereocenters. The predicted octanol–water partition coefficient (Wildman–Crippen LogP) is 2.34. The van der Waals surface area contributed by atoms with Crippen LogP contribution in [-0.2, 0) is 17.8 Å². The first-order chi connectivity index (χ1) is 9.49. The van der Waals surface area contributed by atoms with Crippen molar-refractivity contribution in [2.24, 2.45) is 0 Å². The number of rotatable bonds is 5. The summed E-state index contributed by atoms with van der Waals surface area (Å²) in [7, 11) is 1.83. The van der Waals surface area contributed by atoms with E-state index in [0.717, 1.165) is 28.8 Å². The average molecular weight is 341 g/mol. The zero-order chi connectivity index (χ0) is 14.7. The van der Waals surface area contributed by atoms with Gasteiger partial charge in [-0.25, -0.2) is 0 Å². The number of ether oxygens (including phenoxy) is 1. The van der Waals surface area contributed by atoms with Gasteiger partial charge in [-0.15, -0.1) is 0 Å². The topological polar surface area (TPSA) is 41.6 Å². The molecule has 4 nitrogen and oxygen atoms in total. The first-order valence-electron chi connectivity index (χ1n) is 6.89. The number of carbonyl (C=O) groups is 1. The van der Waals surface area contributed by atoms with E-state index >= 15 is 0 Å². The minimum Gasteiger partial charge on any atom is -0.493 e. The molecule has 1 aliphatic rings. The predicted molar refractivity (Wildman–Crippen MR) is 83.0 cm³/mol. The Hall–Kier alpha value is -1.07. The molecule has 1 aliphatic heterocycles. The molecule has 0 aromatic heterocycles. The van der Waals surface area contributed by atoms with E-state index in [0.29, 0.717) is 13.1 Å². The third-order valence-corrected chi connectivity index (χ3v) is 4.04. The quantitative estimate of drug-likeness (QED) is 0.894. The number of fused-ring (bicyclic) bond motifs is 1. The highest BCUT2D eigenvalue weighted by molar-refractivity contribution is 9.10. The SMILES string of the molecule is CC(C)N(C)C(=O)CNCc1cc(Br)cc2c1OCC2. The molecule has 1 aromatic rings. The first-order valence-corrected chi connectivity index (χ1v) is 7.69. The number of benzene rings is 1. The average Bonchev–Trinajstić information content (AvgIpc) is 2.85. The van der Waals surface area contributed by atoms with Gasteiger partial charge in [0, 0.05) is 36.1 Å². The molecule has 0 saturated carbocycles. The summed E-state index contributed by atoms with van der Waals surface area (Å²) in [5, 5.41) is 3.20. The number of halogens is 1. The summed E-state index contributed by atoms with van der Waals surface area (Å²) in [6.45, 7) is 5.74. The van der Waals surface area contributed by atoms with Crippen molar-refractivity contribution >= 4 is 21.8 Å². The van der Waals surface area contributed by atoms with Crippen molar-refractivity contribution in [3.63, 3.8) is 0 Å². The van der Waals surface area contributed by atoms with E-state index in [4.69, 9.17) is 4.74 Å². The molecule has 1 heterocycles. The summed E-state index contributed by atoms with van der Waals surface area (Å²) >= 11 is 3.52. The molecule has 0 fully saturated rings. The van der Waals surface area contributed by atoms with Gasteiger partial charge in [0.1, 0.15) is 5.75 Å². The zero-order valence-electron chi connectivity index (χ0n) is 12.2. The van der Waals surface area contributed by atoms with E-state index in [1.165, 1.54) is 5.56 Å².